The van der Waals surface area contributed by atoms with Gasteiger partial charge in [0.25, 0.3) is 5.91 Å². The number of benzene rings is 2. The van der Waals surface area contributed by atoms with Crippen LogP contribution in [0.3, 0.4) is 0 Å². The number of rotatable bonds is 7. The van der Waals surface area contributed by atoms with Gasteiger partial charge in [-0.05, 0) is 44.2 Å². The number of amides is 1. The molecule has 0 spiro atoms. The average molecular weight is 381 g/mol. The maximum absolute atomic E-state index is 12.6. The van der Waals surface area contributed by atoms with E-state index < -0.39 is 0 Å². The van der Waals surface area contributed by atoms with Gasteiger partial charge in [0, 0.05) is 11.6 Å². The maximum atomic E-state index is 12.6. The minimum atomic E-state index is -0.381. The zero-order valence-electron chi connectivity index (χ0n) is 16.4. The van der Waals surface area contributed by atoms with Crippen molar-refractivity contribution in [1.29, 1.82) is 0 Å². The van der Waals surface area contributed by atoms with E-state index in [1.807, 2.05) is 43.3 Å². The summed E-state index contributed by atoms with van der Waals surface area (Å²) in [5.74, 6) is 0.895. The molecule has 28 heavy (non-hydrogen) atoms. The van der Waals surface area contributed by atoms with E-state index in [2.05, 4.69) is 10.6 Å². The summed E-state index contributed by atoms with van der Waals surface area (Å²) in [4.78, 5) is 17.7. The van der Waals surface area contributed by atoms with Gasteiger partial charge in [-0.3, -0.25) is 9.63 Å². The average Bonchev–Trinajstić information content (AvgIpc) is 3.17. The Kier molecular flexibility index (Phi) is 5.96. The smallest absolute Gasteiger partial charge is 0.293 e. The van der Waals surface area contributed by atoms with Gasteiger partial charge in [-0.25, -0.2) is 10.2 Å². The van der Waals surface area contributed by atoms with Gasteiger partial charge in [-0.15, -0.1) is 0 Å². The van der Waals surface area contributed by atoms with Crippen LogP contribution in [0.5, 0.6) is 11.5 Å². The van der Waals surface area contributed by atoms with E-state index >= 15 is 0 Å². The number of methoxy groups -OCH3 is 2. The minimum Gasteiger partial charge on any atom is -0.497 e. The number of nitrogens with one attached hydrogen (secondary N) is 1. The molecule has 0 atom stereocenters. The fourth-order valence-corrected chi connectivity index (χ4v) is 2.76. The van der Waals surface area contributed by atoms with Crippen LogP contribution in [-0.4, -0.2) is 36.5 Å². The first-order valence-electron chi connectivity index (χ1n) is 8.89. The van der Waals surface area contributed by atoms with Crippen LogP contribution in [0.4, 0.5) is 0 Å². The lowest BCUT2D eigenvalue weighted by atomic mass is 10.1. The Morgan fingerprint density at radius 1 is 1.07 bits per heavy atom. The van der Waals surface area contributed by atoms with Crippen LogP contribution in [0.1, 0.15) is 23.0 Å². The second-order valence-corrected chi connectivity index (χ2v) is 6.09. The lowest BCUT2D eigenvalue weighted by Crippen LogP contribution is -2.26. The minimum absolute atomic E-state index is 0.352. The third-order valence-corrected chi connectivity index (χ3v) is 4.21. The first-order valence-corrected chi connectivity index (χ1v) is 8.89. The lowest BCUT2D eigenvalue weighted by molar-refractivity contribution is 0.0357. The van der Waals surface area contributed by atoms with E-state index in [-0.39, 0.29) is 5.91 Å². The Hall–Kier alpha value is -3.32. The van der Waals surface area contributed by atoms with E-state index in [0.717, 1.165) is 16.8 Å². The van der Waals surface area contributed by atoms with Crippen LogP contribution >= 0.6 is 0 Å². The Morgan fingerprint density at radius 3 is 2.46 bits per heavy atom. The molecule has 7 nitrogen and oxygen atoms in total. The number of hydroxylamine groups is 1. The molecule has 1 aromatic heterocycles. The highest BCUT2D eigenvalue weighted by molar-refractivity contribution is 5.94. The van der Waals surface area contributed by atoms with Gasteiger partial charge in [0.15, 0.2) is 0 Å². The van der Waals surface area contributed by atoms with E-state index in [9.17, 15) is 4.79 Å². The monoisotopic (exact) mass is 381 g/mol. The number of aromatic nitrogens is 2. The number of carbonyl (C=O) groups is 1. The third kappa shape index (κ3) is 3.99. The van der Waals surface area contributed by atoms with E-state index in [4.69, 9.17) is 14.3 Å². The highest BCUT2D eigenvalue weighted by atomic mass is 16.6. The quantitative estimate of drug-likeness (QED) is 0.634. The number of carbonyl (C=O) groups excluding carboxylic acids is 1. The molecule has 1 amide bonds. The predicted octanol–water partition coefficient (Wildman–Crippen LogP) is 3.55. The van der Waals surface area contributed by atoms with Gasteiger partial charge < -0.3 is 9.47 Å². The summed E-state index contributed by atoms with van der Waals surface area (Å²) in [5.41, 5.74) is 6.02. The lowest BCUT2D eigenvalue weighted by Gasteiger charge is -2.09. The summed E-state index contributed by atoms with van der Waals surface area (Å²) in [6, 6.07) is 14.9. The molecule has 0 aliphatic rings. The molecule has 1 heterocycles. The number of hydrogen-bond donors (Lipinski definition) is 1. The summed E-state index contributed by atoms with van der Waals surface area (Å²) in [6.07, 6.45) is 0. The fourth-order valence-electron chi connectivity index (χ4n) is 2.76. The SMILES string of the molecule is CCONC(=O)c1cc(-c2ccc(OC)cc2OC)nn1-c1ccc(C)cc1. The van der Waals surface area contributed by atoms with Crippen molar-refractivity contribution >= 4 is 5.91 Å². The second kappa shape index (κ2) is 8.58. The molecule has 3 aromatic rings. The molecule has 2 aromatic carbocycles. The van der Waals surface area contributed by atoms with E-state index in [1.165, 1.54) is 0 Å². The normalized spacial score (nSPS) is 10.6. The number of ether oxygens (including phenoxy) is 2. The molecule has 146 valence electrons. The largest absolute Gasteiger partial charge is 0.497 e. The van der Waals surface area contributed by atoms with Crippen molar-refractivity contribution in [3.8, 4) is 28.4 Å². The number of aryl methyl sites for hydroxylation is 1. The second-order valence-electron chi connectivity index (χ2n) is 6.09. The van der Waals surface area contributed by atoms with Crippen molar-refractivity contribution in [2.75, 3.05) is 20.8 Å². The molecular formula is C21H23N3O4. The molecule has 0 aliphatic carbocycles. The zero-order chi connectivity index (χ0) is 20.1. The summed E-state index contributed by atoms with van der Waals surface area (Å²) in [6.45, 7) is 4.16. The number of hydrogen-bond acceptors (Lipinski definition) is 5. The summed E-state index contributed by atoms with van der Waals surface area (Å²) in [7, 11) is 3.18. The molecule has 0 fully saturated rings. The highest BCUT2D eigenvalue weighted by Gasteiger charge is 2.20. The molecule has 3 rings (SSSR count). The van der Waals surface area contributed by atoms with Crippen LogP contribution in [-0.2, 0) is 4.84 Å². The highest BCUT2D eigenvalue weighted by Crippen LogP contribution is 2.33. The molecule has 0 bridgehead atoms. The van der Waals surface area contributed by atoms with Crippen molar-refractivity contribution in [1.82, 2.24) is 15.3 Å². The van der Waals surface area contributed by atoms with Crippen LogP contribution in [0.25, 0.3) is 16.9 Å². The third-order valence-electron chi connectivity index (χ3n) is 4.21. The van der Waals surface area contributed by atoms with Gasteiger partial charge in [0.2, 0.25) is 0 Å². The molecular weight excluding hydrogens is 358 g/mol. The Labute approximate surface area is 163 Å². The van der Waals surface area contributed by atoms with Crippen LogP contribution in [0, 0.1) is 6.92 Å². The molecule has 0 unspecified atom stereocenters. The fraction of sp³-hybridized carbons (Fsp3) is 0.238. The maximum Gasteiger partial charge on any atom is 0.293 e. The van der Waals surface area contributed by atoms with Gasteiger partial charge in [-0.1, -0.05) is 17.7 Å². The topological polar surface area (TPSA) is 74.6 Å². The molecule has 0 saturated heterocycles. The van der Waals surface area contributed by atoms with Crippen LogP contribution in [0.15, 0.2) is 48.5 Å². The van der Waals surface area contributed by atoms with E-state index in [1.54, 1.807) is 38.0 Å². The van der Waals surface area contributed by atoms with E-state index in [0.29, 0.717) is 29.5 Å². The summed E-state index contributed by atoms with van der Waals surface area (Å²) >= 11 is 0. The van der Waals surface area contributed by atoms with Crippen LogP contribution in [0.2, 0.25) is 0 Å². The Balaban J connectivity index is 2.11. The first kappa shape index (κ1) is 19.4. The van der Waals surface area contributed by atoms with Crippen molar-refractivity contribution in [3.63, 3.8) is 0 Å². The zero-order valence-corrected chi connectivity index (χ0v) is 16.4. The summed E-state index contributed by atoms with van der Waals surface area (Å²) < 4.78 is 12.3. The van der Waals surface area contributed by atoms with Gasteiger partial charge in [0.05, 0.1) is 32.2 Å². The van der Waals surface area contributed by atoms with Gasteiger partial charge >= 0.3 is 0 Å². The van der Waals surface area contributed by atoms with Crippen molar-refractivity contribution in [3.05, 3.63) is 59.8 Å². The molecule has 0 radical (unpaired) electrons. The first-order chi connectivity index (χ1) is 13.6. The standard InChI is InChI=1S/C21H23N3O4/c1-5-28-23-21(25)19-13-18(17-11-10-16(26-3)12-20(17)27-4)22-24(19)15-8-6-14(2)7-9-15/h6-13H,5H2,1-4H3,(H,23,25). The molecule has 0 aliphatic heterocycles. The number of nitrogens with zero attached hydrogens (tertiary/aromatic N) is 2. The Bertz CT molecular complexity index is 964. The van der Waals surface area contributed by atoms with Crippen molar-refractivity contribution in [2.24, 2.45) is 0 Å². The molecule has 1 N–H and O–H groups in total. The van der Waals surface area contributed by atoms with Gasteiger partial charge in [-0.2, -0.15) is 5.10 Å². The van der Waals surface area contributed by atoms with Crippen LogP contribution < -0.4 is 15.0 Å². The van der Waals surface area contributed by atoms with Gasteiger partial charge in [0.1, 0.15) is 17.2 Å². The molecule has 7 heteroatoms. The van der Waals surface area contributed by atoms with Crippen molar-refractivity contribution < 1.29 is 19.1 Å². The molecule has 0 saturated carbocycles. The predicted molar refractivity (Wildman–Crippen MR) is 106 cm³/mol. The Morgan fingerprint density at radius 2 is 1.82 bits per heavy atom. The summed E-state index contributed by atoms with van der Waals surface area (Å²) in [5, 5.41) is 4.65. The van der Waals surface area contributed by atoms with Crippen molar-refractivity contribution in [2.45, 2.75) is 13.8 Å².